The normalized spacial score (nSPS) is 16.7. The number of rotatable bonds is 11. The lowest BCUT2D eigenvalue weighted by atomic mass is 9.81. The molecule has 2 atom stereocenters. The Kier molecular flexibility index (Phi) is 8.38. The van der Waals surface area contributed by atoms with Crippen LogP contribution < -0.4 is 10.2 Å². The number of carbonyl (C=O) groups is 1. The molecule has 0 saturated carbocycles. The summed E-state index contributed by atoms with van der Waals surface area (Å²) in [5.41, 5.74) is 7.50. The quantitative estimate of drug-likeness (QED) is 0.179. The minimum atomic E-state index is -0.356. The van der Waals surface area contributed by atoms with Crippen LogP contribution in [0.15, 0.2) is 60.8 Å². The summed E-state index contributed by atoms with van der Waals surface area (Å²) in [6, 6.07) is 20.0. The lowest BCUT2D eigenvalue weighted by molar-refractivity contribution is 0.0636. The van der Waals surface area contributed by atoms with E-state index in [-0.39, 0.29) is 17.0 Å². The van der Waals surface area contributed by atoms with Crippen LogP contribution in [0, 0.1) is 17.2 Å². The molecule has 0 fully saturated rings. The number of carbonyl (C=O) groups excluding carboxylic acids is 1. The monoisotopic (exact) mass is 497 g/mol. The Morgan fingerprint density at radius 2 is 1.95 bits per heavy atom. The maximum atomic E-state index is 12.0. The summed E-state index contributed by atoms with van der Waals surface area (Å²) in [6.45, 7) is 6.36. The number of aromatic nitrogens is 1. The molecule has 1 aromatic heterocycles. The molecule has 3 aromatic rings. The number of nitriles is 1. The molecule has 6 heteroatoms. The van der Waals surface area contributed by atoms with Gasteiger partial charge in [0.05, 0.1) is 6.61 Å². The highest BCUT2D eigenvalue weighted by molar-refractivity contribution is 5.96. The summed E-state index contributed by atoms with van der Waals surface area (Å²) in [7, 11) is 0. The zero-order chi connectivity index (χ0) is 26.4. The van der Waals surface area contributed by atoms with E-state index in [4.69, 9.17) is 4.74 Å². The summed E-state index contributed by atoms with van der Waals surface area (Å²) in [4.78, 5) is 16.2. The minimum Gasteiger partial charge on any atom is -0.490 e. The summed E-state index contributed by atoms with van der Waals surface area (Å²) < 4.78 is 6.21. The molecule has 0 bridgehead atoms. The smallest absolute Gasteiger partial charge is 0.183 e. The third-order valence-electron chi connectivity index (χ3n) is 7.34. The van der Waals surface area contributed by atoms with Gasteiger partial charge in [-0.1, -0.05) is 55.5 Å². The fourth-order valence-corrected chi connectivity index (χ4v) is 5.49. The van der Waals surface area contributed by atoms with Gasteiger partial charge in [0.1, 0.15) is 6.07 Å². The van der Waals surface area contributed by atoms with E-state index in [1.54, 1.807) is 6.20 Å². The van der Waals surface area contributed by atoms with Gasteiger partial charge in [-0.3, -0.25) is 4.79 Å². The highest BCUT2D eigenvalue weighted by atomic mass is 16.5. The number of hydrogen-bond donors (Lipinski definition) is 2. The number of hydroxylamine groups is 1. The first-order chi connectivity index (χ1) is 17.9. The number of nitrogens with one attached hydrogen (secondary N) is 1. The van der Waals surface area contributed by atoms with E-state index in [0.717, 1.165) is 36.8 Å². The Labute approximate surface area is 219 Å². The van der Waals surface area contributed by atoms with Crippen LogP contribution in [0.25, 0.3) is 11.1 Å². The van der Waals surface area contributed by atoms with E-state index in [1.807, 2.05) is 51.1 Å². The number of Topliss-reactive ketones (excluding diaryl/α,β-unsaturated/α-hetero) is 1. The Morgan fingerprint density at radius 3 is 2.65 bits per heavy atom. The Bertz CT molecular complexity index is 1280. The fraction of sp³-hybridized carbons (Fsp3) is 0.387. The largest absolute Gasteiger partial charge is 0.490 e. The van der Waals surface area contributed by atoms with Crippen molar-refractivity contribution in [2.45, 2.75) is 64.3 Å². The predicted molar refractivity (Wildman–Crippen MR) is 144 cm³/mol. The number of ketones is 1. The molecule has 1 aliphatic rings. The van der Waals surface area contributed by atoms with Gasteiger partial charge in [-0.15, -0.1) is 0 Å². The number of pyridine rings is 1. The minimum absolute atomic E-state index is 0.0976. The van der Waals surface area contributed by atoms with Crippen LogP contribution in [0.2, 0.25) is 0 Å². The number of fused-ring (bicyclic) bond motifs is 1. The molecule has 1 aliphatic carbocycles. The van der Waals surface area contributed by atoms with Gasteiger partial charge in [-0.05, 0) is 74.1 Å². The van der Waals surface area contributed by atoms with Crippen molar-refractivity contribution in [1.82, 2.24) is 10.5 Å². The van der Waals surface area contributed by atoms with Gasteiger partial charge in [0.2, 0.25) is 0 Å². The summed E-state index contributed by atoms with van der Waals surface area (Å²) in [5.74, 6) is 1.40. The molecule has 2 N–H and O–H groups in total. The maximum absolute atomic E-state index is 12.0. The molecule has 37 heavy (non-hydrogen) atoms. The van der Waals surface area contributed by atoms with Crippen LogP contribution in [0.1, 0.15) is 79.6 Å². The second-order valence-electron chi connectivity index (χ2n) is 10.5. The van der Waals surface area contributed by atoms with Gasteiger partial charge < -0.3 is 9.94 Å². The van der Waals surface area contributed by atoms with Crippen molar-refractivity contribution in [2.75, 3.05) is 6.61 Å². The van der Waals surface area contributed by atoms with Crippen molar-refractivity contribution in [3.63, 3.8) is 0 Å². The average Bonchev–Trinajstić information content (AvgIpc) is 3.26. The number of nitrogens with zero attached hydrogens (tertiary/aromatic N) is 2. The average molecular weight is 498 g/mol. The van der Waals surface area contributed by atoms with Gasteiger partial charge in [0.25, 0.3) is 0 Å². The summed E-state index contributed by atoms with van der Waals surface area (Å²) in [6.07, 6.45) is 5.73. The SMILES string of the molecule is CCC(=O)c1ccc(-c2ccnc(C#N)c2OCCCC2c3ccccc3C[C@@H]2CC(C)(C)NO)cc1. The third-order valence-corrected chi connectivity index (χ3v) is 7.34. The zero-order valence-electron chi connectivity index (χ0n) is 21.8. The van der Waals surface area contributed by atoms with Gasteiger partial charge in [0, 0.05) is 29.3 Å². The highest BCUT2D eigenvalue weighted by Gasteiger charge is 2.35. The first-order valence-electron chi connectivity index (χ1n) is 13.0. The standard InChI is InChI=1S/C31H35N3O3/c1-4-29(35)22-13-11-21(12-14-22)27-15-16-33-28(20-32)30(27)37-17-7-10-26-24(19-31(2,3)34-36)18-23-8-5-6-9-25(23)26/h5-6,8-9,11-16,24,26,34,36H,4,7,10,17-19H2,1-3H3/t24-,26?/m1/s1. The molecule has 4 rings (SSSR count). The van der Waals surface area contributed by atoms with E-state index < -0.39 is 0 Å². The molecule has 0 radical (unpaired) electrons. The lowest BCUT2D eigenvalue weighted by Gasteiger charge is -2.30. The van der Waals surface area contributed by atoms with E-state index in [9.17, 15) is 15.3 Å². The molecule has 0 amide bonds. The lowest BCUT2D eigenvalue weighted by Crippen LogP contribution is -2.39. The first kappa shape index (κ1) is 26.5. The molecule has 1 unspecified atom stereocenters. The van der Waals surface area contributed by atoms with Crippen molar-refractivity contribution in [2.24, 2.45) is 5.92 Å². The van der Waals surface area contributed by atoms with Crippen LogP contribution in [-0.2, 0) is 6.42 Å². The summed E-state index contributed by atoms with van der Waals surface area (Å²) in [5, 5.41) is 19.3. The molecule has 1 heterocycles. The third kappa shape index (κ3) is 6.07. The molecule has 2 aromatic carbocycles. The topological polar surface area (TPSA) is 95.2 Å². The highest BCUT2D eigenvalue weighted by Crippen LogP contribution is 2.44. The second-order valence-corrected chi connectivity index (χ2v) is 10.5. The van der Waals surface area contributed by atoms with Crippen LogP contribution in [0.5, 0.6) is 5.75 Å². The van der Waals surface area contributed by atoms with E-state index in [1.165, 1.54) is 11.1 Å². The molecular formula is C31H35N3O3. The van der Waals surface area contributed by atoms with Gasteiger partial charge >= 0.3 is 0 Å². The van der Waals surface area contributed by atoms with E-state index >= 15 is 0 Å². The van der Waals surface area contributed by atoms with Crippen LogP contribution >= 0.6 is 0 Å². The van der Waals surface area contributed by atoms with Crippen molar-refractivity contribution < 1.29 is 14.7 Å². The van der Waals surface area contributed by atoms with Crippen LogP contribution in [-0.4, -0.2) is 28.1 Å². The van der Waals surface area contributed by atoms with Crippen molar-refractivity contribution >= 4 is 5.78 Å². The van der Waals surface area contributed by atoms with E-state index in [0.29, 0.717) is 36.2 Å². The molecule has 0 aliphatic heterocycles. The van der Waals surface area contributed by atoms with Crippen molar-refractivity contribution in [3.8, 4) is 22.9 Å². The Balaban J connectivity index is 1.48. The van der Waals surface area contributed by atoms with Gasteiger partial charge in [0.15, 0.2) is 17.2 Å². The zero-order valence-corrected chi connectivity index (χ0v) is 21.8. The number of ether oxygens (including phenoxy) is 1. The molecule has 0 spiro atoms. The molecular weight excluding hydrogens is 462 g/mol. The van der Waals surface area contributed by atoms with Crippen LogP contribution in [0.4, 0.5) is 0 Å². The predicted octanol–water partition coefficient (Wildman–Crippen LogP) is 6.48. The molecule has 192 valence electrons. The fourth-order valence-electron chi connectivity index (χ4n) is 5.49. The number of benzene rings is 2. The van der Waals surface area contributed by atoms with Crippen molar-refractivity contribution in [1.29, 1.82) is 5.26 Å². The first-order valence-corrected chi connectivity index (χ1v) is 13.0. The second kappa shape index (κ2) is 11.7. The molecule has 6 nitrogen and oxygen atoms in total. The van der Waals surface area contributed by atoms with Crippen molar-refractivity contribution in [3.05, 3.63) is 83.2 Å². The molecule has 0 saturated heterocycles. The summed E-state index contributed by atoms with van der Waals surface area (Å²) >= 11 is 0. The Hall–Kier alpha value is -3.53. The Morgan fingerprint density at radius 1 is 1.19 bits per heavy atom. The van der Waals surface area contributed by atoms with Gasteiger partial charge in [-0.25, -0.2) is 10.5 Å². The maximum Gasteiger partial charge on any atom is 0.183 e. The number of hydrogen-bond acceptors (Lipinski definition) is 6. The van der Waals surface area contributed by atoms with E-state index in [2.05, 4.69) is 40.8 Å². The van der Waals surface area contributed by atoms with Gasteiger partial charge in [-0.2, -0.15) is 5.26 Å². The van der Waals surface area contributed by atoms with Crippen LogP contribution in [0.3, 0.4) is 0 Å².